The average Bonchev–Trinajstić information content (AvgIpc) is 2.39. The first-order chi connectivity index (χ1) is 9.85. The topological polar surface area (TPSA) is 86.6 Å². The van der Waals surface area contributed by atoms with Crippen LogP contribution in [0.3, 0.4) is 0 Å². The van der Waals surface area contributed by atoms with Crippen LogP contribution in [0.25, 0.3) is 0 Å². The van der Waals surface area contributed by atoms with Crippen molar-refractivity contribution in [3.05, 3.63) is 65.5 Å². The number of allylic oxidation sites excluding steroid dienone is 3. The number of anilines is 1. The Balaban J connectivity index is 3.13. The number of nitrogens with one attached hydrogen (secondary N) is 1. The molecule has 0 atom stereocenters. The van der Waals surface area contributed by atoms with Crippen LogP contribution >= 0.6 is 0 Å². The lowest BCUT2D eigenvalue weighted by atomic mass is 10.1. The number of aliphatic hydroxyl groups is 1. The summed E-state index contributed by atoms with van der Waals surface area (Å²) in [5.74, 6) is -1.70. The fourth-order valence-electron chi connectivity index (χ4n) is 1.68. The lowest BCUT2D eigenvalue weighted by Crippen LogP contribution is -2.16. The molecular formula is C16H17NO4. The van der Waals surface area contributed by atoms with Crippen molar-refractivity contribution in [3.8, 4) is 0 Å². The SMILES string of the molecule is C=C/C=C(\C=C(/C)O)C(=O)Nc1ccc(C)cc1C(=O)O. The van der Waals surface area contributed by atoms with Gasteiger partial charge >= 0.3 is 5.97 Å². The smallest absolute Gasteiger partial charge is 0.337 e. The first-order valence-electron chi connectivity index (χ1n) is 6.20. The van der Waals surface area contributed by atoms with Crippen LogP contribution in [0.15, 0.2) is 54.3 Å². The van der Waals surface area contributed by atoms with E-state index in [1.807, 2.05) is 0 Å². The van der Waals surface area contributed by atoms with Crippen LogP contribution < -0.4 is 5.32 Å². The van der Waals surface area contributed by atoms with E-state index in [0.717, 1.165) is 5.56 Å². The first kappa shape index (κ1) is 16.2. The summed E-state index contributed by atoms with van der Waals surface area (Å²) in [6, 6.07) is 4.70. The van der Waals surface area contributed by atoms with E-state index < -0.39 is 11.9 Å². The van der Waals surface area contributed by atoms with E-state index in [1.165, 1.54) is 37.3 Å². The van der Waals surface area contributed by atoms with Crippen molar-refractivity contribution in [2.75, 3.05) is 5.32 Å². The Morgan fingerprint density at radius 3 is 2.48 bits per heavy atom. The lowest BCUT2D eigenvalue weighted by molar-refractivity contribution is -0.112. The number of aryl methyl sites for hydroxylation is 1. The van der Waals surface area contributed by atoms with Gasteiger partial charge in [-0.05, 0) is 38.1 Å². The Labute approximate surface area is 122 Å². The van der Waals surface area contributed by atoms with E-state index in [0.29, 0.717) is 0 Å². The van der Waals surface area contributed by atoms with Gasteiger partial charge in [0.1, 0.15) is 0 Å². The molecule has 5 heteroatoms. The number of aromatic carboxylic acids is 1. The second-order valence-electron chi connectivity index (χ2n) is 4.45. The average molecular weight is 287 g/mol. The standard InChI is InChI=1S/C16H17NO4/c1-4-5-12(9-11(3)18)15(19)17-14-7-6-10(2)8-13(14)16(20)21/h4-9,18H,1H2,2-3H3,(H,17,19)(H,20,21)/b11-9+,12-5+. The normalized spacial score (nSPS) is 11.9. The molecule has 0 aliphatic rings. The molecule has 0 spiro atoms. The highest BCUT2D eigenvalue weighted by Crippen LogP contribution is 2.18. The minimum atomic E-state index is -1.13. The van der Waals surface area contributed by atoms with E-state index in [2.05, 4.69) is 11.9 Å². The number of amides is 1. The molecule has 0 saturated carbocycles. The summed E-state index contributed by atoms with van der Waals surface area (Å²) in [6.45, 7) is 6.69. The van der Waals surface area contributed by atoms with Crippen molar-refractivity contribution < 1.29 is 19.8 Å². The van der Waals surface area contributed by atoms with Crippen molar-refractivity contribution in [3.63, 3.8) is 0 Å². The van der Waals surface area contributed by atoms with E-state index in [-0.39, 0.29) is 22.6 Å². The summed E-state index contributed by atoms with van der Waals surface area (Å²) >= 11 is 0. The zero-order valence-corrected chi connectivity index (χ0v) is 11.9. The van der Waals surface area contributed by atoms with Crippen LogP contribution in [-0.2, 0) is 4.79 Å². The van der Waals surface area contributed by atoms with Crippen molar-refractivity contribution >= 4 is 17.6 Å². The van der Waals surface area contributed by atoms with Gasteiger partial charge in [-0.15, -0.1) is 0 Å². The molecular weight excluding hydrogens is 270 g/mol. The maximum atomic E-state index is 12.1. The van der Waals surface area contributed by atoms with Gasteiger partial charge in [0.05, 0.1) is 17.0 Å². The van der Waals surface area contributed by atoms with Gasteiger partial charge in [-0.25, -0.2) is 4.79 Å². The van der Waals surface area contributed by atoms with Crippen molar-refractivity contribution in [2.45, 2.75) is 13.8 Å². The highest BCUT2D eigenvalue weighted by Gasteiger charge is 2.14. The van der Waals surface area contributed by atoms with Crippen molar-refractivity contribution in [1.29, 1.82) is 0 Å². The molecule has 1 aromatic carbocycles. The molecule has 1 amide bonds. The fourth-order valence-corrected chi connectivity index (χ4v) is 1.68. The van der Waals surface area contributed by atoms with Crippen LogP contribution in [-0.4, -0.2) is 22.1 Å². The molecule has 0 fully saturated rings. The number of carbonyl (C=O) groups is 2. The Morgan fingerprint density at radius 2 is 1.95 bits per heavy atom. The summed E-state index contributed by atoms with van der Waals surface area (Å²) in [6.07, 6.45) is 4.09. The molecule has 0 heterocycles. The zero-order chi connectivity index (χ0) is 16.0. The maximum absolute atomic E-state index is 12.1. The molecule has 0 aliphatic carbocycles. The summed E-state index contributed by atoms with van der Waals surface area (Å²) in [5.41, 5.74) is 1.14. The first-order valence-corrected chi connectivity index (χ1v) is 6.20. The Bertz CT molecular complexity index is 638. The second-order valence-corrected chi connectivity index (χ2v) is 4.45. The number of carbonyl (C=O) groups excluding carboxylic acids is 1. The van der Waals surface area contributed by atoms with E-state index in [4.69, 9.17) is 5.11 Å². The van der Waals surface area contributed by atoms with E-state index >= 15 is 0 Å². The molecule has 0 bridgehead atoms. The van der Waals surface area contributed by atoms with Crippen molar-refractivity contribution in [2.24, 2.45) is 0 Å². The molecule has 110 valence electrons. The quantitative estimate of drug-likeness (QED) is 0.441. The lowest BCUT2D eigenvalue weighted by Gasteiger charge is -2.10. The van der Waals surface area contributed by atoms with E-state index in [9.17, 15) is 14.7 Å². The summed E-state index contributed by atoms with van der Waals surface area (Å²) in [4.78, 5) is 23.3. The third-order valence-corrected chi connectivity index (χ3v) is 2.58. The van der Waals surface area contributed by atoms with Gasteiger partial charge < -0.3 is 15.5 Å². The van der Waals surface area contributed by atoms with Gasteiger partial charge in [0, 0.05) is 5.57 Å². The molecule has 3 N–H and O–H groups in total. The predicted octanol–water partition coefficient (Wildman–Crippen LogP) is 3.21. The minimum absolute atomic E-state index is 0.00556. The van der Waals surface area contributed by atoms with Crippen LogP contribution in [0.5, 0.6) is 0 Å². The molecule has 21 heavy (non-hydrogen) atoms. The molecule has 1 rings (SSSR count). The molecule has 0 unspecified atom stereocenters. The summed E-state index contributed by atoms with van der Waals surface area (Å²) < 4.78 is 0. The van der Waals surface area contributed by atoms with Gasteiger partial charge in [-0.1, -0.05) is 24.3 Å². The number of carboxylic acid groups (broad SMARTS) is 1. The van der Waals surface area contributed by atoms with Gasteiger partial charge in [-0.2, -0.15) is 0 Å². The fraction of sp³-hybridized carbons (Fsp3) is 0.125. The van der Waals surface area contributed by atoms with Crippen LogP contribution in [0.4, 0.5) is 5.69 Å². The third-order valence-electron chi connectivity index (χ3n) is 2.58. The molecule has 5 nitrogen and oxygen atoms in total. The van der Waals surface area contributed by atoms with Crippen molar-refractivity contribution in [1.82, 2.24) is 0 Å². The number of hydrogen-bond acceptors (Lipinski definition) is 3. The molecule has 0 saturated heterocycles. The third kappa shape index (κ3) is 4.65. The Kier molecular flexibility index (Phi) is 5.48. The molecule has 0 radical (unpaired) electrons. The number of carboxylic acids is 1. The minimum Gasteiger partial charge on any atom is -0.513 e. The van der Waals surface area contributed by atoms with Gasteiger partial charge in [0.25, 0.3) is 5.91 Å². The zero-order valence-electron chi connectivity index (χ0n) is 11.9. The van der Waals surface area contributed by atoms with Gasteiger partial charge in [0.15, 0.2) is 0 Å². The summed E-state index contributed by atoms with van der Waals surface area (Å²) in [5, 5.41) is 20.9. The molecule has 0 aliphatic heterocycles. The van der Waals surface area contributed by atoms with E-state index in [1.54, 1.807) is 13.0 Å². The summed E-state index contributed by atoms with van der Waals surface area (Å²) in [7, 11) is 0. The highest BCUT2D eigenvalue weighted by molar-refractivity contribution is 6.09. The number of hydrogen-bond donors (Lipinski definition) is 3. The maximum Gasteiger partial charge on any atom is 0.337 e. The van der Waals surface area contributed by atoms with Crippen LogP contribution in [0.2, 0.25) is 0 Å². The Hall–Kier alpha value is -2.82. The monoisotopic (exact) mass is 287 g/mol. The predicted molar refractivity (Wildman–Crippen MR) is 81.4 cm³/mol. The van der Waals surface area contributed by atoms with Gasteiger partial charge in [-0.3, -0.25) is 4.79 Å². The number of rotatable bonds is 5. The largest absolute Gasteiger partial charge is 0.513 e. The van der Waals surface area contributed by atoms with Crippen LogP contribution in [0.1, 0.15) is 22.8 Å². The highest BCUT2D eigenvalue weighted by atomic mass is 16.4. The second kappa shape index (κ2) is 7.09. The molecule has 0 aromatic heterocycles. The number of aliphatic hydroxyl groups excluding tert-OH is 1. The molecule has 1 aromatic rings. The Morgan fingerprint density at radius 1 is 1.29 bits per heavy atom. The number of benzene rings is 1. The van der Waals surface area contributed by atoms with Crippen LogP contribution in [0, 0.1) is 6.92 Å². The van der Waals surface area contributed by atoms with Gasteiger partial charge in [0.2, 0.25) is 0 Å².